The van der Waals surface area contributed by atoms with Crippen LogP contribution in [0.4, 0.5) is 0 Å². The lowest BCUT2D eigenvalue weighted by Crippen LogP contribution is -2.60. The van der Waals surface area contributed by atoms with Gasteiger partial charge in [0.15, 0.2) is 6.29 Å². The minimum absolute atomic E-state index is 0.0962. The number of hydrogen-bond donors (Lipinski definition) is 4. The molecule has 9 nitrogen and oxygen atoms in total. The smallest absolute Gasteiger partial charge is 0.337 e. The zero-order valence-corrected chi connectivity index (χ0v) is 14.7. The van der Waals surface area contributed by atoms with E-state index in [0.29, 0.717) is 5.57 Å². The highest BCUT2D eigenvalue weighted by Crippen LogP contribution is 2.47. The van der Waals surface area contributed by atoms with Crippen molar-refractivity contribution in [3.63, 3.8) is 0 Å². The van der Waals surface area contributed by atoms with Crippen LogP contribution in [0.15, 0.2) is 11.8 Å². The predicted molar refractivity (Wildman–Crippen MR) is 85.2 cm³/mol. The maximum Gasteiger partial charge on any atom is 0.337 e. The van der Waals surface area contributed by atoms with Gasteiger partial charge in [-0.2, -0.15) is 0 Å². The first-order valence-corrected chi connectivity index (χ1v) is 8.78. The molecule has 1 saturated carbocycles. The van der Waals surface area contributed by atoms with Gasteiger partial charge in [-0.1, -0.05) is 6.92 Å². The molecule has 0 aromatic heterocycles. The lowest BCUT2D eigenvalue weighted by Gasteiger charge is -2.43. The first-order valence-electron chi connectivity index (χ1n) is 8.78. The summed E-state index contributed by atoms with van der Waals surface area (Å²) in [5, 5.41) is 39.2. The van der Waals surface area contributed by atoms with Crippen molar-refractivity contribution < 1.29 is 44.2 Å². The van der Waals surface area contributed by atoms with E-state index in [0.717, 1.165) is 12.8 Å². The zero-order valence-electron chi connectivity index (χ0n) is 14.7. The summed E-state index contributed by atoms with van der Waals surface area (Å²) in [6.45, 7) is 1.49. The third-order valence-corrected chi connectivity index (χ3v) is 5.64. The monoisotopic (exact) mass is 374 g/mol. The molecule has 0 amide bonds. The molecule has 3 rings (SSSR count). The summed E-state index contributed by atoms with van der Waals surface area (Å²) >= 11 is 0. The van der Waals surface area contributed by atoms with E-state index >= 15 is 0 Å². The fourth-order valence-electron chi connectivity index (χ4n) is 4.12. The molecule has 26 heavy (non-hydrogen) atoms. The number of ether oxygens (including phenoxy) is 4. The van der Waals surface area contributed by atoms with E-state index in [9.17, 15) is 25.2 Å². The van der Waals surface area contributed by atoms with E-state index in [1.165, 1.54) is 13.4 Å². The van der Waals surface area contributed by atoms with Crippen molar-refractivity contribution in [3.05, 3.63) is 11.8 Å². The molecule has 0 aromatic carbocycles. The standard InChI is InChI=1S/C17H26O9/c1-7-3-4-8-9(15(22)23-2)6-24-16(11(7)8)26-17-14(21)13(20)12(19)10(5-18)25-17/h6-8,10-14,16-21H,3-5H2,1-2H3/t7-,8+,10+,11+,12+,13-,14+,16-,17-/m0/s1. The van der Waals surface area contributed by atoms with Crippen LogP contribution in [0.25, 0.3) is 0 Å². The number of methoxy groups -OCH3 is 1. The van der Waals surface area contributed by atoms with Crippen LogP contribution in [-0.4, -0.2) is 77.1 Å². The second-order valence-electron chi connectivity index (χ2n) is 7.14. The van der Waals surface area contributed by atoms with E-state index in [1.54, 1.807) is 0 Å². The Morgan fingerprint density at radius 1 is 1.19 bits per heavy atom. The first-order chi connectivity index (χ1) is 12.4. The maximum absolute atomic E-state index is 12.0. The van der Waals surface area contributed by atoms with Crippen LogP contribution >= 0.6 is 0 Å². The van der Waals surface area contributed by atoms with Crippen molar-refractivity contribution in [2.75, 3.05) is 13.7 Å². The number of esters is 1. The fourth-order valence-corrected chi connectivity index (χ4v) is 4.12. The largest absolute Gasteiger partial charge is 0.472 e. The summed E-state index contributed by atoms with van der Waals surface area (Å²) in [6.07, 6.45) is -4.63. The van der Waals surface area contributed by atoms with E-state index in [4.69, 9.17) is 18.9 Å². The van der Waals surface area contributed by atoms with Crippen molar-refractivity contribution in [1.29, 1.82) is 0 Å². The quantitative estimate of drug-likeness (QED) is 0.451. The summed E-state index contributed by atoms with van der Waals surface area (Å²) in [7, 11) is 1.31. The highest BCUT2D eigenvalue weighted by Gasteiger charge is 2.50. The molecule has 1 aliphatic carbocycles. The van der Waals surface area contributed by atoms with Gasteiger partial charge >= 0.3 is 5.97 Å². The molecule has 0 bridgehead atoms. The van der Waals surface area contributed by atoms with Crippen LogP contribution in [0.1, 0.15) is 19.8 Å². The second kappa shape index (κ2) is 7.79. The molecule has 2 aliphatic heterocycles. The van der Waals surface area contributed by atoms with Gasteiger partial charge in [0.05, 0.1) is 25.6 Å². The van der Waals surface area contributed by atoms with Gasteiger partial charge in [-0.05, 0) is 18.8 Å². The van der Waals surface area contributed by atoms with Crippen molar-refractivity contribution in [2.45, 2.75) is 56.8 Å². The molecule has 148 valence electrons. The summed E-state index contributed by atoms with van der Waals surface area (Å²) < 4.78 is 21.6. The Labute approximate surface area is 151 Å². The summed E-state index contributed by atoms with van der Waals surface area (Å²) in [6, 6.07) is 0. The third kappa shape index (κ3) is 3.35. The van der Waals surface area contributed by atoms with Gasteiger partial charge in [-0.15, -0.1) is 0 Å². The van der Waals surface area contributed by atoms with Gasteiger partial charge in [-0.25, -0.2) is 4.79 Å². The molecule has 0 unspecified atom stereocenters. The Kier molecular flexibility index (Phi) is 5.85. The zero-order chi connectivity index (χ0) is 19.0. The molecule has 9 heteroatoms. The Hall–Kier alpha value is -1.23. The van der Waals surface area contributed by atoms with Crippen LogP contribution < -0.4 is 0 Å². The molecule has 0 aromatic rings. The van der Waals surface area contributed by atoms with Crippen LogP contribution in [0.2, 0.25) is 0 Å². The Bertz CT molecular complexity index is 548. The number of rotatable bonds is 4. The van der Waals surface area contributed by atoms with E-state index in [1.807, 2.05) is 6.92 Å². The molecule has 2 heterocycles. The van der Waals surface area contributed by atoms with Crippen molar-refractivity contribution in [1.82, 2.24) is 0 Å². The summed E-state index contributed by atoms with van der Waals surface area (Å²) in [4.78, 5) is 12.0. The molecular weight excluding hydrogens is 348 g/mol. The van der Waals surface area contributed by atoms with Gasteiger partial charge < -0.3 is 39.4 Å². The maximum atomic E-state index is 12.0. The molecule has 0 spiro atoms. The lowest BCUT2D eigenvalue weighted by molar-refractivity contribution is -0.342. The number of aliphatic hydroxyl groups excluding tert-OH is 4. The molecule has 0 radical (unpaired) electrons. The molecule has 2 fully saturated rings. The second-order valence-corrected chi connectivity index (χ2v) is 7.14. The SMILES string of the molecule is COC(=O)C1=CO[C@@H](O[C@@H]2O[C@H](CO)[C@@H](O)[C@H](O)[C@H]2O)[C@H]2[C@@H]1CC[C@@H]2C. The van der Waals surface area contributed by atoms with Crippen LogP contribution in [0.3, 0.4) is 0 Å². The normalized spacial score (nSPS) is 45.5. The van der Waals surface area contributed by atoms with E-state index < -0.39 is 49.6 Å². The first kappa shape index (κ1) is 19.5. The van der Waals surface area contributed by atoms with E-state index in [-0.39, 0.29) is 17.8 Å². The van der Waals surface area contributed by atoms with Gasteiger partial charge in [0.25, 0.3) is 0 Å². The number of carbonyl (C=O) groups excluding carboxylic acids is 1. The highest BCUT2D eigenvalue weighted by atomic mass is 16.8. The Morgan fingerprint density at radius 3 is 2.58 bits per heavy atom. The fraction of sp³-hybridized carbons (Fsp3) is 0.824. The number of hydrogen-bond acceptors (Lipinski definition) is 9. The average Bonchev–Trinajstić information content (AvgIpc) is 3.04. The number of fused-ring (bicyclic) bond motifs is 1. The summed E-state index contributed by atoms with van der Waals surface area (Å²) in [5.41, 5.74) is 0.454. The van der Waals surface area contributed by atoms with Crippen molar-refractivity contribution >= 4 is 5.97 Å². The lowest BCUT2D eigenvalue weighted by atomic mass is 9.83. The van der Waals surface area contributed by atoms with Crippen LogP contribution in [-0.2, 0) is 23.7 Å². The minimum atomic E-state index is -1.52. The number of aliphatic hydroxyl groups is 4. The van der Waals surface area contributed by atoms with Crippen LogP contribution in [0.5, 0.6) is 0 Å². The molecular formula is C17H26O9. The average molecular weight is 374 g/mol. The summed E-state index contributed by atoms with van der Waals surface area (Å²) in [5.74, 6) is -0.494. The highest BCUT2D eigenvalue weighted by molar-refractivity contribution is 5.89. The Balaban J connectivity index is 1.77. The molecule has 4 N–H and O–H groups in total. The minimum Gasteiger partial charge on any atom is -0.472 e. The van der Waals surface area contributed by atoms with Crippen molar-refractivity contribution in [2.24, 2.45) is 17.8 Å². The molecule has 3 aliphatic rings. The van der Waals surface area contributed by atoms with Gasteiger partial charge in [-0.3, -0.25) is 0 Å². The van der Waals surface area contributed by atoms with Gasteiger partial charge in [0.1, 0.15) is 24.4 Å². The van der Waals surface area contributed by atoms with E-state index in [2.05, 4.69) is 0 Å². The Morgan fingerprint density at radius 2 is 1.92 bits per heavy atom. The third-order valence-electron chi connectivity index (χ3n) is 5.64. The van der Waals surface area contributed by atoms with Crippen LogP contribution in [0, 0.1) is 17.8 Å². The van der Waals surface area contributed by atoms with Gasteiger partial charge in [0.2, 0.25) is 6.29 Å². The molecule has 1 saturated heterocycles. The molecule has 9 atom stereocenters. The van der Waals surface area contributed by atoms with Crippen molar-refractivity contribution in [3.8, 4) is 0 Å². The topological polar surface area (TPSA) is 135 Å². The number of carbonyl (C=O) groups is 1. The van der Waals surface area contributed by atoms with Gasteiger partial charge in [0, 0.05) is 11.8 Å². The predicted octanol–water partition coefficient (Wildman–Crippen LogP) is -1.12.